The number of nitrogens with one attached hydrogen (secondary N) is 1. The minimum absolute atomic E-state index is 0.169. The molecule has 4 aliphatic rings. The van der Waals surface area contributed by atoms with Gasteiger partial charge in [-0.2, -0.15) is 0 Å². The van der Waals surface area contributed by atoms with Gasteiger partial charge in [-0.05, 0) is 61.7 Å². The van der Waals surface area contributed by atoms with Gasteiger partial charge in [0.1, 0.15) is 5.75 Å². The van der Waals surface area contributed by atoms with Crippen LogP contribution < -0.4 is 9.46 Å². The van der Waals surface area contributed by atoms with Crippen molar-refractivity contribution in [2.45, 2.75) is 64.7 Å². The first-order chi connectivity index (χ1) is 14.0. The van der Waals surface area contributed by atoms with E-state index in [-0.39, 0.29) is 11.4 Å². The average molecular weight is 433 g/mol. The number of hydrogen-bond acceptors (Lipinski definition) is 5. The minimum Gasteiger partial charge on any atom is -0.493 e. The number of aromatic nitrogens is 3. The van der Waals surface area contributed by atoms with E-state index < -0.39 is 10.0 Å². The molecule has 2 heterocycles. The van der Waals surface area contributed by atoms with Crippen LogP contribution in [-0.4, -0.2) is 35.9 Å². The monoisotopic (exact) mass is 432 g/mol. The van der Waals surface area contributed by atoms with Crippen LogP contribution in [0.2, 0.25) is 0 Å². The summed E-state index contributed by atoms with van der Waals surface area (Å²) in [4.78, 5) is 0. The quantitative estimate of drug-likeness (QED) is 0.772. The Bertz CT molecular complexity index is 1050. The summed E-state index contributed by atoms with van der Waals surface area (Å²) in [7, 11) is -3.44. The van der Waals surface area contributed by atoms with Crippen molar-refractivity contribution < 1.29 is 13.2 Å². The summed E-state index contributed by atoms with van der Waals surface area (Å²) in [6, 6.07) is 1.90. The Labute approximate surface area is 178 Å². The third kappa shape index (κ3) is 3.67. The van der Waals surface area contributed by atoms with E-state index in [2.05, 4.69) is 35.7 Å². The van der Waals surface area contributed by atoms with Gasteiger partial charge in [-0.15, -0.1) is 10.2 Å². The standard InChI is InChI=1S/C22H32N4O3S/c1-21(2,3)17-12-26-19(23-24-20(26)25-30(4,27)28)8-18(17)29-13-22-9-14-5-15(10-22)7-16(6-14)11-22/h8,12,14-16H,5-7,9-11,13H2,1-4H3,(H,24,25). The third-order valence-electron chi connectivity index (χ3n) is 7.29. The van der Waals surface area contributed by atoms with Crippen LogP contribution in [0.3, 0.4) is 0 Å². The molecule has 164 valence electrons. The molecule has 0 saturated heterocycles. The van der Waals surface area contributed by atoms with Gasteiger partial charge in [0, 0.05) is 23.2 Å². The number of sulfonamides is 1. The Morgan fingerprint density at radius 2 is 1.73 bits per heavy atom. The van der Waals surface area contributed by atoms with Crippen molar-refractivity contribution in [1.29, 1.82) is 0 Å². The van der Waals surface area contributed by atoms with Gasteiger partial charge in [0.05, 0.1) is 12.9 Å². The Hall–Kier alpha value is -1.83. The second-order valence-corrected chi connectivity index (χ2v) is 12.9. The van der Waals surface area contributed by atoms with E-state index in [1.807, 2.05) is 12.3 Å². The van der Waals surface area contributed by atoms with E-state index in [1.165, 1.54) is 38.5 Å². The van der Waals surface area contributed by atoms with Crippen LogP contribution in [0.25, 0.3) is 5.65 Å². The van der Waals surface area contributed by atoms with Gasteiger partial charge in [0.25, 0.3) is 0 Å². The normalized spacial score (nSPS) is 30.7. The predicted molar refractivity (Wildman–Crippen MR) is 116 cm³/mol. The Balaban J connectivity index is 1.46. The van der Waals surface area contributed by atoms with Gasteiger partial charge in [0.2, 0.25) is 16.0 Å². The van der Waals surface area contributed by atoms with E-state index in [0.29, 0.717) is 11.1 Å². The van der Waals surface area contributed by atoms with E-state index >= 15 is 0 Å². The zero-order valence-corrected chi connectivity index (χ0v) is 19.1. The highest BCUT2D eigenvalue weighted by Gasteiger charge is 2.51. The maximum absolute atomic E-state index is 11.7. The molecule has 4 saturated carbocycles. The first-order valence-corrected chi connectivity index (χ1v) is 12.9. The van der Waals surface area contributed by atoms with Crippen LogP contribution in [-0.2, 0) is 15.4 Å². The molecule has 7 nitrogen and oxygen atoms in total. The zero-order valence-electron chi connectivity index (χ0n) is 18.3. The maximum atomic E-state index is 11.7. The van der Waals surface area contributed by atoms with Gasteiger partial charge >= 0.3 is 0 Å². The van der Waals surface area contributed by atoms with Crippen LogP contribution in [0.1, 0.15) is 64.9 Å². The largest absolute Gasteiger partial charge is 0.493 e. The molecule has 0 aliphatic heterocycles. The highest BCUT2D eigenvalue weighted by atomic mass is 32.2. The Kier molecular flexibility index (Phi) is 4.41. The van der Waals surface area contributed by atoms with E-state index in [0.717, 1.165) is 41.9 Å². The van der Waals surface area contributed by atoms with Gasteiger partial charge in [-0.3, -0.25) is 9.12 Å². The number of nitrogens with zero attached hydrogens (tertiary/aromatic N) is 3. The van der Waals surface area contributed by atoms with Gasteiger partial charge in [0.15, 0.2) is 5.65 Å². The highest BCUT2D eigenvalue weighted by molar-refractivity contribution is 7.92. The lowest BCUT2D eigenvalue weighted by molar-refractivity contribution is -0.0747. The second-order valence-electron chi connectivity index (χ2n) is 11.1. The fourth-order valence-electron chi connectivity index (χ4n) is 6.53. The first-order valence-electron chi connectivity index (χ1n) is 11.0. The van der Waals surface area contributed by atoms with Crippen molar-refractivity contribution in [3.8, 4) is 5.75 Å². The summed E-state index contributed by atoms with van der Waals surface area (Å²) < 4.78 is 34.0. The number of ether oxygens (including phenoxy) is 1. The third-order valence-corrected chi connectivity index (χ3v) is 7.84. The highest BCUT2D eigenvalue weighted by Crippen LogP contribution is 2.60. The SMILES string of the molecule is CC(C)(C)c1cn2c(NS(C)(=O)=O)nnc2cc1OCC12CC3CC(CC(C3)C1)C2. The van der Waals surface area contributed by atoms with Gasteiger partial charge in [-0.1, -0.05) is 20.8 Å². The second kappa shape index (κ2) is 6.58. The Morgan fingerprint density at radius 1 is 1.13 bits per heavy atom. The lowest BCUT2D eigenvalue weighted by Gasteiger charge is -2.56. The summed E-state index contributed by atoms with van der Waals surface area (Å²) in [5.74, 6) is 3.72. The molecule has 2 aromatic heterocycles. The molecule has 2 aromatic rings. The minimum atomic E-state index is -3.44. The smallest absolute Gasteiger partial charge is 0.242 e. The topological polar surface area (TPSA) is 85.6 Å². The van der Waals surface area contributed by atoms with E-state index in [1.54, 1.807) is 4.40 Å². The van der Waals surface area contributed by atoms with Gasteiger partial charge < -0.3 is 4.74 Å². The molecule has 4 aliphatic carbocycles. The van der Waals surface area contributed by atoms with E-state index in [9.17, 15) is 8.42 Å². The summed E-state index contributed by atoms with van der Waals surface area (Å²) in [5.41, 5.74) is 1.76. The molecule has 1 N–H and O–H groups in total. The van der Waals surface area contributed by atoms with Crippen molar-refractivity contribution in [3.63, 3.8) is 0 Å². The van der Waals surface area contributed by atoms with Crippen molar-refractivity contribution in [2.24, 2.45) is 23.2 Å². The van der Waals surface area contributed by atoms with Crippen molar-refractivity contribution >= 4 is 21.6 Å². The summed E-state index contributed by atoms with van der Waals surface area (Å²) in [6.07, 6.45) is 11.2. The molecule has 8 heteroatoms. The molecule has 0 amide bonds. The van der Waals surface area contributed by atoms with Crippen molar-refractivity contribution in [3.05, 3.63) is 17.8 Å². The number of rotatable bonds is 5. The molecule has 6 rings (SSSR count). The lowest BCUT2D eigenvalue weighted by Crippen LogP contribution is -2.48. The molecule has 4 bridgehead atoms. The molecule has 4 fully saturated rings. The van der Waals surface area contributed by atoms with Crippen LogP contribution in [0.15, 0.2) is 12.3 Å². The molecule has 0 unspecified atom stereocenters. The predicted octanol–water partition coefficient (Wildman–Crippen LogP) is 3.99. The van der Waals surface area contributed by atoms with Crippen molar-refractivity contribution in [2.75, 3.05) is 17.6 Å². The molecular formula is C22H32N4O3S. The first kappa shape index (κ1) is 20.1. The number of hydrogen-bond donors (Lipinski definition) is 1. The lowest BCUT2D eigenvalue weighted by atomic mass is 9.50. The number of anilines is 1. The molecular weight excluding hydrogens is 400 g/mol. The number of pyridine rings is 1. The Morgan fingerprint density at radius 3 is 2.27 bits per heavy atom. The molecule has 0 atom stereocenters. The molecule has 0 spiro atoms. The van der Waals surface area contributed by atoms with Crippen LogP contribution in [0, 0.1) is 23.2 Å². The van der Waals surface area contributed by atoms with Crippen molar-refractivity contribution in [1.82, 2.24) is 14.6 Å². The molecule has 0 aromatic carbocycles. The van der Waals surface area contributed by atoms with Crippen LogP contribution in [0.5, 0.6) is 5.75 Å². The summed E-state index contributed by atoms with van der Waals surface area (Å²) >= 11 is 0. The molecule has 0 radical (unpaired) electrons. The fraction of sp³-hybridized carbons (Fsp3) is 0.727. The molecule has 30 heavy (non-hydrogen) atoms. The van der Waals surface area contributed by atoms with Crippen LogP contribution >= 0.6 is 0 Å². The summed E-state index contributed by atoms with van der Waals surface area (Å²) in [5, 5.41) is 8.19. The van der Waals surface area contributed by atoms with Gasteiger partial charge in [-0.25, -0.2) is 8.42 Å². The number of fused-ring (bicyclic) bond motifs is 1. The van der Waals surface area contributed by atoms with Crippen LogP contribution in [0.4, 0.5) is 5.95 Å². The zero-order chi connectivity index (χ0) is 21.3. The van der Waals surface area contributed by atoms with E-state index in [4.69, 9.17) is 4.74 Å². The average Bonchev–Trinajstić information content (AvgIpc) is 2.97. The summed E-state index contributed by atoms with van der Waals surface area (Å²) in [6.45, 7) is 7.18. The fourth-order valence-corrected chi connectivity index (χ4v) is 7.00. The maximum Gasteiger partial charge on any atom is 0.242 e.